The van der Waals surface area contributed by atoms with Gasteiger partial charge in [-0.25, -0.2) is 0 Å². The number of furan rings is 1. The fourth-order valence-corrected chi connectivity index (χ4v) is 2.64. The van der Waals surface area contributed by atoms with E-state index >= 15 is 0 Å². The second-order valence-electron chi connectivity index (χ2n) is 4.69. The minimum atomic E-state index is -0.308. The quantitative estimate of drug-likeness (QED) is 0.783. The van der Waals surface area contributed by atoms with E-state index in [0.717, 1.165) is 16.5 Å². The Morgan fingerprint density at radius 3 is 3.05 bits per heavy atom. The van der Waals surface area contributed by atoms with Crippen molar-refractivity contribution in [3.63, 3.8) is 0 Å². The minimum Gasteiger partial charge on any atom is -0.464 e. The number of halogens is 1. The van der Waals surface area contributed by atoms with E-state index in [9.17, 15) is 9.59 Å². The van der Waals surface area contributed by atoms with Gasteiger partial charge in [-0.05, 0) is 52.2 Å². The zero-order valence-electron chi connectivity index (χ0n) is 11.1. The van der Waals surface area contributed by atoms with Gasteiger partial charge in [-0.3, -0.25) is 14.5 Å². The third-order valence-corrected chi connectivity index (χ3v) is 3.95. The predicted molar refractivity (Wildman–Crippen MR) is 83.6 cm³/mol. The fraction of sp³-hybridized carbons (Fsp3) is 0.125. The summed E-state index contributed by atoms with van der Waals surface area (Å²) in [6.45, 7) is 0.415. The highest BCUT2D eigenvalue weighted by Crippen LogP contribution is 2.19. The Morgan fingerprint density at radius 1 is 1.33 bits per heavy atom. The first-order valence-electron chi connectivity index (χ1n) is 6.52. The second-order valence-corrected chi connectivity index (χ2v) is 5.54. The van der Waals surface area contributed by atoms with Crippen molar-refractivity contribution in [3.05, 3.63) is 52.7 Å². The topological polar surface area (TPSA) is 50.5 Å². The van der Waals surface area contributed by atoms with Crippen LogP contribution in [0, 0.1) is 0 Å². The van der Waals surface area contributed by atoms with E-state index in [0.29, 0.717) is 17.4 Å². The molecule has 0 spiro atoms. The van der Waals surface area contributed by atoms with Crippen molar-refractivity contribution in [1.82, 2.24) is 4.90 Å². The summed E-state index contributed by atoms with van der Waals surface area (Å²) in [6, 6.07) is 7.51. The molecule has 0 fully saturated rings. The monoisotopic (exact) mass is 345 g/mol. The molecule has 0 saturated heterocycles. The molecule has 5 heteroatoms. The molecule has 1 aliphatic rings. The molecule has 0 saturated carbocycles. The van der Waals surface area contributed by atoms with E-state index in [1.807, 2.05) is 24.3 Å². The van der Waals surface area contributed by atoms with Crippen LogP contribution in [0.2, 0.25) is 0 Å². The molecule has 1 aromatic carbocycles. The van der Waals surface area contributed by atoms with Crippen LogP contribution in [0.3, 0.4) is 0 Å². The van der Waals surface area contributed by atoms with Crippen molar-refractivity contribution in [3.8, 4) is 0 Å². The van der Waals surface area contributed by atoms with E-state index in [1.54, 1.807) is 18.4 Å². The van der Waals surface area contributed by atoms with Crippen molar-refractivity contribution in [2.24, 2.45) is 0 Å². The number of rotatable bonds is 2. The molecule has 2 amide bonds. The van der Waals surface area contributed by atoms with Crippen molar-refractivity contribution >= 4 is 44.8 Å². The van der Waals surface area contributed by atoms with Crippen molar-refractivity contribution < 1.29 is 14.0 Å². The number of benzene rings is 1. The fourth-order valence-electron chi connectivity index (χ4n) is 2.19. The summed E-state index contributed by atoms with van der Waals surface area (Å²) in [6.07, 6.45) is 7.20. The number of carbonyl (C=O) groups is 2. The van der Waals surface area contributed by atoms with Gasteiger partial charge in [0.15, 0.2) is 0 Å². The van der Waals surface area contributed by atoms with Gasteiger partial charge >= 0.3 is 0 Å². The van der Waals surface area contributed by atoms with Gasteiger partial charge in [-0.1, -0.05) is 12.1 Å². The highest BCUT2D eigenvalue weighted by atomic mass is 79.9. The molecule has 0 aliphatic carbocycles. The number of fused-ring (bicyclic) bond motifs is 1. The Morgan fingerprint density at radius 2 is 2.19 bits per heavy atom. The molecule has 21 heavy (non-hydrogen) atoms. The van der Waals surface area contributed by atoms with Crippen LogP contribution < -0.4 is 0 Å². The first kappa shape index (κ1) is 13.8. The maximum Gasteiger partial charge on any atom is 0.267 e. The van der Waals surface area contributed by atoms with E-state index in [1.165, 1.54) is 11.0 Å². The summed E-state index contributed by atoms with van der Waals surface area (Å²) in [7, 11) is 0. The molecule has 1 aromatic heterocycles. The zero-order chi connectivity index (χ0) is 14.8. The van der Waals surface area contributed by atoms with Gasteiger partial charge in [0, 0.05) is 18.0 Å². The largest absolute Gasteiger partial charge is 0.464 e. The lowest BCUT2D eigenvalue weighted by Gasteiger charge is -2.21. The van der Waals surface area contributed by atoms with Crippen LogP contribution in [-0.4, -0.2) is 23.3 Å². The molecule has 0 unspecified atom stereocenters. The van der Waals surface area contributed by atoms with Crippen molar-refractivity contribution in [2.45, 2.75) is 6.42 Å². The Bertz CT molecular complexity index is 773. The number of amides is 2. The number of carbonyl (C=O) groups excluding carboxylic acids is 2. The molecule has 2 heterocycles. The van der Waals surface area contributed by atoms with Crippen LogP contribution in [0.1, 0.15) is 12.0 Å². The van der Waals surface area contributed by atoms with Crippen LogP contribution in [0.5, 0.6) is 0 Å². The van der Waals surface area contributed by atoms with Crippen LogP contribution in [-0.2, 0) is 9.59 Å². The van der Waals surface area contributed by atoms with Gasteiger partial charge in [-0.15, -0.1) is 0 Å². The summed E-state index contributed by atoms with van der Waals surface area (Å²) in [4.78, 5) is 25.2. The molecular weight excluding hydrogens is 334 g/mol. The molecule has 2 aromatic rings. The lowest BCUT2D eigenvalue weighted by molar-refractivity contribution is -0.139. The average Bonchev–Trinajstić information content (AvgIpc) is 2.95. The van der Waals surface area contributed by atoms with E-state index < -0.39 is 0 Å². The zero-order valence-corrected chi connectivity index (χ0v) is 12.7. The first-order valence-corrected chi connectivity index (χ1v) is 7.31. The highest BCUT2D eigenvalue weighted by Gasteiger charge is 2.24. The van der Waals surface area contributed by atoms with Crippen LogP contribution >= 0.6 is 15.9 Å². The third-order valence-electron chi connectivity index (χ3n) is 3.29. The Kier molecular flexibility index (Phi) is 3.75. The molecule has 0 bridgehead atoms. The van der Waals surface area contributed by atoms with Gasteiger partial charge in [0.05, 0.1) is 10.7 Å². The van der Waals surface area contributed by atoms with Gasteiger partial charge in [0.2, 0.25) is 0 Å². The number of hydrogen-bond donors (Lipinski definition) is 0. The van der Waals surface area contributed by atoms with Crippen LogP contribution in [0.15, 0.2) is 51.6 Å². The maximum absolute atomic E-state index is 12.1. The summed E-state index contributed by atoms with van der Waals surface area (Å²) >= 11 is 3.16. The van der Waals surface area contributed by atoms with Crippen LogP contribution in [0.25, 0.3) is 17.0 Å². The van der Waals surface area contributed by atoms with Crippen molar-refractivity contribution in [1.29, 1.82) is 0 Å². The number of imide groups is 1. The molecule has 0 radical (unpaired) electrons. The normalized spacial score (nSPS) is 15.8. The number of hydrogen-bond acceptors (Lipinski definition) is 3. The summed E-state index contributed by atoms with van der Waals surface area (Å²) in [5.41, 5.74) is 1.69. The third kappa shape index (κ3) is 2.83. The van der Waals surface area contributed by atoms with Gasteiger partial charge in [-0.2, -0.15) is 0 Å². The summed E-state index contributed by atoms with van der Waals surface area (Å²) in [5.74, 6) is -0.599. The van der Waals surface area contributed by atoms with Gasteiger partial charge in [0.25, 0.3) is 11.8 Å². The molecule has 1 aliphatic heterocycles. The Labute approximate surface area is 129 Å². The first-order chi connectivity index (χ1) is 10.1. The molecule has 106 valence electrons. The molecule has 3 rings (SSSR count). The minimum absolute atomic E-state index is 0.291. The molecule has 4 nitrogen and oxygen atoms in total. The lowest BCUT2D eigenvalue weighted by atomic mass is 10.1. The second kappa shape index (κ2) is 5.69. The van der Waals surface area contributed by atoms with E-state index in [-0.39, 0.29) is 11.8 Å². The van der Waals surface area contributed by atoms with Crippen LogP contribution in [0.4, 0.5) is 0 Å². The summed E-state index contributed by atoms with van der Waals surface area (Å²) < 4.78 is 5.70. The number of nitrogens with zero attached hydrogens (tertiary/aromatic N) is 1. The van der Waals surface area contributed by atoms with Gasteiger partial charge < -0.3 is 4.42 Å². The SMILES string of the molecule is O=C(/C=C/c1ccc2occc2c1)N1CCC=C(Br)C1=O. The molecular formula is C16H12BrNO3. The maximum atomic E-state index is 12.1. The highest BCUT2D eigenvalue weighted by molar-refractivity contribution is 9.12. The lowest BCUT2D eigenvalue weighted by Crippen LogP contribution is -2.38. The van der Waals surface area contributed by atoms with E-state index in [4.69, 9.17) is 4.42 Å². The van der Waals surface area contributed by atoms with Gasteiger partial charge in [0.1, 0.15) is 5.58 Å². The smallest absolute Gasteiger partial charge is 0.267 e. The van der Waals surface area contributed by atoms with E-state index in [2.05, 4.69) is 15.9 Å². The standard InChI is InChI=1S/C16H12BrNO3/c17-13-2-1-8-18(16(13)20)15(19)6-4-11-3-5-14-12(10-11)7-9-21-14/h2-7,9-10H,1,8H2/b6-4+. The molecule has 0 N–H and O–H groups in total. The summed E-state index contributed by atoms with van der Waals surface area (Å²) in [5, 5.41) is 0.976. The Balaban J connectivity index is 1.77. The average molecular weight is 346 g/mol. The predicted octanol–water partition coefficient (Wildman–Crippen LogP) is 3.48. The van der Waals surface area contributed by atoms with Crippen molar-refractivity contribution in [2.75, 3.05) is 6.54 Å². The Hall–Kier alpha value is -2.14. The molecule has 0 atom stereocenters.